The lowest BCUT2D eigenvalue weighted by atomic mass is 10.1. The molecule has 0 aliphatic carbocycles. The topological polar surface area (TPSA) is 89.5 Å². The van der Waals surface area contributed by atoms with Gasteiger partial charge in [-0.3, -0.25) is 18.1 Å². The van der Waals surface area contributed by atoms with Crippen molar-refractivity contribution in [1.29, 1.82) is 0 Å². The van der Waals surface area contributed by atoms with Gasteiger partial charge in [-0.05, 0) is 49.9 Å². The first-order chi connectivity index (χ1) is 23.4. The van der Waals surface area contributed by atoms with Crippen LogP contribution in [0.4, 0.5) is 0 Å². The van der Waals surface area contributed by atoms with E-state index in [2.05, 4.69) is 27.7 Å². The Morgan fingerprint density at radius 1 is 0.354 bits per heavy atom. The van der Waals surface area contributed by atoms with E-state index in [-0.39, 0.29) is 0 Å². The third-order valence-corrected chi connectivity index (χ3v) is 11.1. The van der Waals surface area contributed by atoms with Gasteiger partial charge in [0.15, 0.2) is 0 Å². The molecule has 0 saturated carbocycles. The van der Waals surface area contributed by atoms with Crippen LogP contribution in [-0.2, 0) is 27.2 Å². The van der Waals surface area contributed by atoms with E-state index in [0.717, 1.165) is 77.0 Å². The van der Waals surface area contributed by atoms with Crippen LogP contribution in [0.25, 0.3) is 0 Å². The van der Waals surface area contributed by atoms with Crippen molar-refractivity contribution in [2.24, 2.45) is 0 Å². The van der Waals surface area contributed by atoms with Crippen molar-refractivity contribution in [3.05, 3.63) is 24.3 Å². The second-order valence-electron chi connectivity index (χ2n) is 13.0. The minimum atomic E-state index is -3.82. The predicted molar refractivity (Wildman–Crippen MR) is 200 cm³/mol. The number of phosphoric acid groups is 2. The first kappa shape index (κ1) is 45.1. The van der Waals surface area contributed by atoms with Gasteiger partial charge in [0.1, 0.15) is 11.5 Å². The lowest BCUT2D eigenvalue weighted by molar-refractivity contribution is 0.148. The summed E-state index contributed by atoms with van der Waals surface area (Å²) in [4.78, 5) is 0. The van der Waals surface area contributed by atoms with E-state index >= 15 is 0 Å². The van der Waals surface area contributed by atoms with E-state index in [4.69, 9.17) is 27.1 Å². The lowest BCUT2D eigenvalue weighted by Crippen LogP contribution is -2.06. The Labute approximate surface area is 295 Å². The zero-order valence-corrected chi connectivity index (χ0v) is 33.1. The molecule has 0 atom stereocenters. The van der Waals surface area contributed by atoms with Gasteiger partial charge in [-0.25, -0.2) is 9.13 Å². The van der Waals surface area contributed by atoms with Gasteiger partial charge in [0.2, 0.25) is 0 Å². The molecule has 10 heteroatoms. The fourth-order valence-corrected chi connectivity index (χ4v) is 7.77. The van der Waals surface area contributed by atoms with Crippen molar-refractivity contribution in [2.45, 2.75) is 182 Å². The molecule has 1 aromatic rings. The molecule has 0 radical (unpaired) electrons. The van der Waals surface area contributed by atoms with Crippen LogP contribution in [0.1, 0.15) is 182 Å². The van der Waals surface area contributed by atoms with Crippen molar-refractivity contribution >= 4 is 15.6 Å². The summed E-state index contributed by atoms with van der Waals surface area (Å²) in [6, 6.07) is 6.48. The van der Waals surface area contributed by atoms with Gasteiger partial charge in [-0.15, -0.1) is 0 Å². The monoisotopic (exact) mass is 718 g/mol. The van der Waals surface area contributed by atoms with Gasteiger partial charge in [0.05, 0.1) is 26.4 Å². The molecular weight excluding hydrogens is 646 g/mol. The van der Waals surface area contributed by atoms with Crippen LogP contribution in [-0.4, -0.2) is 26.4 Å². The minimum Gasteiger partial charge on any atom is -0.404 e. The van der Waals surface area contributed by atoms with Crippen molar-refractivity contribution in [1.82, 2.24) is 0 Å². The average Bonchev–Trinajstić information content (AvgIpc) is 3.08. The van der Waals surface area contributed by atoms with Crippen molar-refractivity contribution < 1.29 is 36.3 Å². The summed E-state index contributed by atoms with van der Waals surface area (Å²) in [6.45, 7) is 10.1. The lowest BCUT2D eigenvalue weighted by Gasteiger charge is -2.20. The van der Waals surface area contributed by atoms with Gasteiger partial charge >= 0.3 is 15.6 Å². The molecule has 0 heterocycles. The quantitative estimate of drug-likeness (QED) is 0.0500. The maximum absolute atomic E-state index is 13.6. The van der Waals surface area contributed by atoms with Crippen molar-refractivity contribution in [3.8, 4) is 11.5 Å². The molecule has 282 valence electrons. The highest BCUT2D eigenvalue weighted by Crippen LogP contribution is 2.52. The van der Waals surface area contributed by atoms with E-state index in [0.29, 0.717) is 37.9 Å². The fraction of sp³-hybridized carbons (Fsp3) is 0.842. The summed E-state index contributed by atoms with van der Waals surface area (Å²) in [5, 5.41) is 0. The Morgan fingerprint density at radius 3 is 0.792 bits per heavy atom. The van der Waals surface area contributed by atoms with Crippen LogP contribution < -0.4 is 9.05 Å². The molecule has 1 aromatic carbocycles. The Morgan fingerprint density at radius 2 is 0.562 bits per heavy atom. The maximum atomic E-state index is 13.6. The summed E-state index contributed by atoms with van der Waals surface area (Å²) in [6.07, 6.45) is 26.4. The second kappa shape index (κ2) is 30.9. The second-order valence-corrected chi connectivity index (χ2v) is 16.1. The number of unbranched alkanes of at least 4 members (excludes halogenated alkanes) is 20. The number of benzene rings is 1. The molecule has 8 nitrogen and oxygen atoms in total. The van der Waals surface area contributed by atoms with Crippen LogP contribution in [0.3, 0.4) is 0 Å². The van der Waals surface area contributed by atoms with Gasteiger partial charge < -0.3 is 9.05 Å². The van der Waals surface area contributed by atoms with Crippen LogP contribution in [0.15, 0.2) is 24.3 Å². The van der Waals surface area contributed by atoms with Crippen molar-refractivity contribution in [2.75, 3.05) is 26.4 Å². The molecule has 0 aromatic heterocycles. The summed E-state index contributed by atoms with van der Waals surface area (Å²) in [7, 11) is -7.65. The molecule has 0 unspecified atom stereocenters. The zero-order valence-electron chi connectivity index (χ0n) is 31.3. The number of hydrogen-bond acceptors (Lipinski definition) is 8. The predicted octanol–water partition coefficient (Wildman–Crippen LogP) is 14.2. The molecule has 0 spiro atoms. The summed E-state index contributed by atoms with van der Waals surface area (Å²) >= 11 is 0. The molecule has 0 aliphatic rings. The highest BCUT2D eigenvalue weighted by Gasteiger charge is 2.30. The molecule has 48 heavy (non-hydrogen) atoms. The standard InChI is InChI=1S/C38H72O8P2/c1-5-9-13-17-21-25-33-41-47(39,42-34-26-22-18-14-10-6-2)45-37-29-31-38(32-30-37)46-48(40,43-35-27-23-19-15-11-7-3)44-36-28-24-20-16-12-8-4/h29-32H,5-28,33-36H2,1-4H3. The molecule has 0 amide bonds. The third kappa shape index (κ3) is 25.1. The molecule has 0 bridgehead atoms. The molecular formula is C38H72O8P2. The van der Waals surface area contributed by atoms with Crippen LogP contribution in [0.2, 0.25) is 0 Å². The first-order valence-corrected chi connectivity index (χ1v) is 22.6. The summed E-state index contributed by atoms with van der Waals surface area (Å²) in [5.74, 6) is 0.653. The maximum Gasteiger partial charge on any atom is 0.530 e. The molecule has 1 rings (SSSR count). The highest BCUT2D eigenvalue weighted by atomic mass is 31.2. The molecule has 0 aliphatic heterocycles. The van der Waals surface area contributed by atoms with Gasteiger partial charge in [0, 0.05) is 0 Å². The smallest absolute Gasteiger partial charge is 0.404 e. The number of phosphoric ester groups is 2. The van der Waals surface area contributed by atoms with Crippen molar-refractivity contribution in [3.63, 3.8) is 0 Å². The SMILES string of the molecule is CCCCCCCCOP(=O)(OCCCCCCCC)Oc1ccc(OP(=O)(OCCCCCCCC)OCCCCCCCC)cc1. The summed E-state index contributed by atoms with van der Waals surface area (Å²) in [5.41, 5.74) is 0. The largest absolute Gasteiger partial charge is 0.530 e. The van der Waals surface area contributed by atoms with E-state index in [9.17, 15) is 9.13 Å². The van der Waals surface area contributed by atoms with E-state index in [1.54, 1.807) is 24.3 Å². The van der Waals surface area contributed by atoms with E-state index in [1.807, 2.05) is 0 Å². The zero-order chi connectivity index (χ0) is 35.0. The van der Waals surface area contributed by atoms with Gasteiger partial charge in [-0.1, -0.05) is 156 Å². The molecule has 0 fully saturated rings. The Kier molecular flexibility index (Phi) is 29.1. The average molecular weight is 719 g/mol. The third-order valence-electron chi connectivity index (χ3n) is 8.25. The Balaban J connectivity index is 2.78. The van der Waals surface area contributed by atoms with E-state index < -0.39 is 15.6 Å². The number of hydrogen-bond donors (Lipinski definition) is 0. The van der Waals surface area contributed by atoms with Crippen LogP contribution in [0.5, 0.6) is 11.5 Å². The molecule has 0 N–H and O–H groups in total. The van der Waals surface area contributed by atoms with Crippen LogP contribution >= 0.6 is 15.6 Å². The normalized spacial score (nSPS) is 12.1. The molecule has 0 saturated heterocycles. The highest BCUT2D eigenvalue weighted by molar-refractivity contribution is 7.49. The fourth-order valence-electron chi connectivity index (χ4n) is 5.23. The Bertz CT molecular complexity index is 824. The minimum absolute atomic E-state index is 0.316. The van der Waals surface area contributed by atoms with Crippen LogP contribution in [0, 0.1) is 0 Å². The van der Waals surface area contributed by atoms with Gasteiger partial charge in [-0.2, -0.15) is 0 Å². The first-order valence-electron chi connectivity index (χ1n) is 19.7. The van der Waals surface area contributed by atoms with E-state index in [1.165, 1.54) is 77.0 Å². The summed E-state index contributed by atoms with van der Waals surface area (Å²) < 4.78 is 62.0. The number of rotatable bonds is 36. The Hall–Kier alpha value is -0.880. The van der Waals surface area contributed by atoms with Gasteiger partial charge in [0.25, 0.3) is 0 Å².